The number of hydrogen-bond donors (Lipinski definition) is 1. The van der Waals surface area contributed by atoms with Gasteiger partial charge in [-0.15, -0.1) is 0 Å². The van der Waals surface area contributed by atoms with E-state index in [1.807, 2.05) is 69.5 Å². The molecule has 1 rings (SSSR count). The third-order valence-corrected chi connectivity index (χ3v) is 3.76. The first kappa shape index (κ1) is 18.8. The summed E-state index contributed by atoms with van der Waals surface area (Å²) in [7, 11) is 0. The smallest absolute Gasteiger partial charge is 0.326 e. The zero-order valence-electron chi connectivity index (χ0n) is 14.0. The van der Waals surface area contributed by atoms with Crippen LogP contribution >= 0.6 is 11.8 Å². The number of rotatable bonds is 7. The molecule has 0 radical (unpaired) electrons. The monoisotopic (exact) mass is 321 g/mol. The molecule has 3 nitrogen and oxygen atoms in total. The van der Waals surface area contributed by atoms with Crippen LogP contribution in [0.1, 0.15) is 39.2 Å². The van der Waals surface area contributed by atoms with Gasteiger partial charge in [-0.2, -0.15) is 11.8 Å². The summed E-state index contributed by atoms with van der Waals surface area (Å²) in [4.78, 5) is 12.4. The van der Waals surface area contributed by atoms with Gasteiger partial charge in [0.1, 0.15) is 11.1 Å². The molecule has 0 aromatic heterocycles. The highest BCUT2D eigenvalue weighted by molar-refractivity contribution is 7.98. The van der Waals surface area contributed by atoms with E-state index < -0.39 is 11.1 Å². The summed E-state index contributed by atoms with van der Waals surface area (Å²) >= 11 is 1.68. The largest absolute Gasteiger partial charge is 0.459 e. The lowest BCUT2D eigenvalue weighted by atomic mass is 9.92. The van der Waals surface area contributed by atoms with Crippen LogP contribution in [-0.4, -0.2) is 29.1 Å². The normalized spacial score (nSPS) is 14.8. The van der Waals surface area contributed by atoms with Crippen molar-refractivity contribution >= 4 is 23.8 Å². The van der Waals surface area contributed by atoms with E-state index in [4.69, 9.17) is 10.5 Å². The summed E-state index contributed by atoms with van der Waals surface area (Å²) in [6.07, 6.45) is 7.03. The Morgan fingerprint density at radius 1 is 1.27 bits per heavy atom. The van der Waals surface area contributed by atoms with E-state index in [-0.39, 0.29) is 5.97 Å². The Balaban J connectivity index is 2.78. The minimum absolute atomic E-state index is 0.327. The van der Waals surface area contributed by atoms with Gasteiger partial charge in [0, 0.05) is 0 Å². The summed E-state index contributed by atoms with van der Waals surface area (Å²) < 4.78 is 5.50. The van der Waals surface area contributed by atoms with E-state index >= 15 is 0 Å². The number of ether oxygens (including phenoxy) is 1. The molecule has 122 valence electrons. The fourth-order valence-corrected chi connectivity index (χ4v) is 2.49. The Labute approximate surface area is 138 Å². The van der Waals surface area contributed by atoms with Crippen LogP contribution in [0.4, 0.5) is 0 Å². The molecule has 1 aromatic rings. The van der Waals surface area contributed by atoms with Crippen LogP contribution in [0.5, 0.6) is 0 Å². The number of carbonyl (C=O) groups excluding carboxylic acids is 1. The molecule has 1 atom stereocenters. The standard InChI is InChI=1S/C18H27NO2S/c1-17(2,3)21-16(20)18(19,13-14-22-4)12-8-11-15-9-6-5-7-10-15/h5-11H,12-14,19H2,1-4H3/b11-8+/t18-/m1/s1. The molecule has 0 aliphatic rings. The molecule has 0 aliphatic heterocycles. The van der Waals surface area contributed by atoms with Gasteiger partial charge >= 0.3 is 5.97 Å². The maximum Gasteiger partial charge on any atom is 0.326 e. The molecule has 2 N–H and O–H groups in total. The number of esters is 1. The quantitative estimate of drug-likeness (QED) is 0.774. The summed E-state index contributed by atoms with van der Waals surface area (Å²) in [6.45, 7) is 5.58. The van der Waals surface area contributed by atoms with Gasteiger partial charge in [-0.1, -0.05) is 42.5 Å². The average molecular weight is 321 g/mol. The lowest BCUT2D eigenvalue weighted by Gasteiger charge is -2.30. The average Bonchev–Trinajstić information content (AvgIpc) is 2.44. The third kappa shape index (κ3) is 6.67. The molecule has 0 aliphatic carbocycles. The van der Waals surface area contributed by atoms with Gasteiger partial charge in [0.2, 0.25) is 0 Å². The third-order valence-electron chi connectivity index (χ3n) is 3.15. The molecule has 0 saturated carbocycles. The molecular weight excluding hydrogens is 294 g/mol. The highest BCUT2D eigenvalue weighted by Gasteiger charge is 2.36. The first-order valence-corrected chi connectivity index (χ1v) is 8.89. The number of hydrogen-bond acceptors (Lipinski definition) is 4. The van der Waals surface area contributed by atoms with Crippen molar-refractivity contribution in [1.82, 2.24) is 0 Å². The van der Waals surface area contributed by atoms with Gasteiger partial charge in [0.25, 0.3) is 0 Å². The number of carbonyl (C=O) groups is 1. The van der Waals surface area contributed by atoms with Gasteiger partial charge in [-0.25, -0.2) is 0 Å². The van der Waals surface area contributed by atoms with Crippen molar-refractivity contribution in [2.75, 3.05) is 12.0 Å². The van der Waals surface area contributed by atoms with E-state index in [1.54, 1.807) is 11.8 Å². The second-order valence-electron chi connectivity index (χ2n) is 6.42. The summed E-state index contributed by atoms with van der Waals surface area (Å²) in [5.74, 6) is 0.501. The molecule has 22 heavy (non-hydrogen) atoms. The topological polar surface area (TPSA) is 52.3 Å². The Hall–Kier alpha value is -1.26. The summed E-state index contributed by atoms with van der Waals surface area (Å²) in [5.41, 5.74) is 5.96. The summed E-state index contributed by atoms with van der Waals surface area (Å²) in [6, 6.07) is 9.98. The van der Waals surface area contributed by atoms with Gasteiger partial charge < -0.3 is 10.5 Å². The van der Waals surface area contributed by atoms with Crippen LogP contribution in [0.2, 0.25) is 0 Å². The Bertz CT molecular complexity index is 494. The first-order chi connectivity index (χ1) is 10.3. The van der Waals surface area contributed by atoms with E-state index in [1.165, 1.54) is 0 Å². The van der Waals surface area contributed by atoms with E-state index in [2.05, 4.69) is 0 Å². The molecule has 4 heteroatoms. The lowest BCUT2D eigenvalue weighted by Crippen LogP contribution is -2.51. The molecule has 0 saturated heterocycles. The molecule has 0 bridgehead atoms. The second-order valence-corrected chi connectivity index (χ2v) is 7.40. The van der Waals surface area contributed by atoms with E-state index in [0.29, 0.717) is 12.8 Å². The molecule has 1 aromatic carbocycles. The van der Waals surface area contributed by atoms with Crippen molar-refractivity contribution in [2.24, 2.45) is 5.73 Å². The van der Waals surface area contributed by atoms with Crippen LogP contribution in [0, 0.1) is 0 Å². The van der Waals surface area contributed by atoms with Gasteiger partial charge in [-0.05, 0) is 51.2 Å². The fraction of sp³-hybridized carbons (Fsp3) is 0.500. The van der Waals surface area contributed by atoms with Crippen LogP contribution in [-0.2, 0) is 9.53 Å². The Morgan fingerprint density at radius 3 is 2.45 bits per heavy atom. The van der Waals surface area contributed by atoms with Crippen molar-refractivity contribution in [3.63, 3.8) is 0 Å². The maximum atomic E-state index is 12.4. The van der Waals surface area contributed by atoms with Gasteiger partial charge in [0.15, 0.2) is 0 Å². The molecule has 0 amide bonds. The SMILES string of the molecule is CSCC[C@](N)(C/C=C/c1ccccc1)C(=O)OC(C)(C)C. The molecule has 0 fully saturated rings. The Kier molecular flexibility index (Phi) is 7.17. The zero-order valence-corrected chi connectivity index (χ0v) is 14.8. The summed E-state index contributed by atoms with van der Waals surface area (Å²) in [5, 5.41) is 0. The van der Waals surface area contributed by atoms with Crippen molar-refractivity contribution < 1.29 is 9.53 Å². The highest BCUT2D eigenvalue weighted by Crippen LogP contribution is 2.22. The molecule has 0 unspecified atom stereocenters. The van der Waals surface area contributed by atoms with Crippen LogP contribution < -0.4 is 5.73 Å². The molecular formula is C18H27NO2S. The lowest BCUT2D eigenvalue weighted by molar-refractivity contribution is -0.161. The minimum atomic E-state index is -0.971. The van der Waals surface area contributed by atoms with Gasteiger partial charge in [-0.3, -0.25) is 4.79 Å². The van der Waals surface area contributed by atoms with E-state index in [9.17, 15) is 4.79 Å². The fourth-order valence-electron chi connectivity index (χ4n) is 1.92. The van der Waals surface area contributed by atoms with Crippen molar-refractivity contribution in [3.05, 3.63) is 42.0 Å². The maximum absolute atomic E-state index is 12.4. The van der Waals surface area contributed by atoms with Crippen LogP contribution in [0.3, 0.4) is 0 Å². The Morgan fingerprint density at radius 2 is 1.91 bits per heavy atom. The van der Waals surface area contributed by atoms with Gasteiger partial charge in [0.05, 0.1) is 0 Å². The van der Waals surface area contributed by atoms with Crippen molar-refractivity contribution in [2.45, 2.75) is 44.8 Å². The predicted octanol–water partition coefficient (Wildman–Crippen LogP) is 3.88. The van der Waals surface area contributed by atoms with E-state index in [0.717, 1.165) is 11.3 Å². The van der Waals surface area contributed by atoms with Crippen LogP contribution in [0.15, 0.2) is 36.4 Å². The predicted molar refractivity (Wildman–Crippen MR) is 95.9 cm³/mol. The first-order valence-electron chi connectivity index (χ1n) is 7.50. The second kappa shape index (κ2) is 8.39. The van der Waals surface area contributed by atoms with Crippen molar-refractivity contribution in [1.29, 1.82) is 0 Å². The zero-order chi connectivity index (χ0) is 16.6. The van der Waals surface area contributed by atoms with Crippen LogP contribution in [0.25, 0.3) is 6.08 Å². The molecule has 0 spiro atoms. The molecule has 0 heterocycles. The van der Waals surface area contributed by atoms with Crippen molar-refractivity contribution in [3.8, 4) is 0 Å². The number of nitrogens with two attached hydrogens (primary N) is 1. The number of benzene rings is 1. The number of thioether (sulfide) groups is 1. The minimum Gasteiger partial charge on any atom is -0.459 e. The highest BCUT2D eigenvalue weighted by atomic mass is 32.2.